The minimum Gasteiger partial charge on any atom is -0.767 e. The molecule has 0 N–H and O–H groups in total. The molecule has 0 saturated carbocycles. The zero-order chi connectivity index (χ0) is 11.9. The predicted molar refractivity (Wildman–Crippen MR) is 66.7 cm³/mol. The lowest BCUT2D eigenvalue weighted by molar-refractivity contribution is 0.531. The highest BCUT2D eigenvalue weighted by molar-refractivity contribution is 7.95. The van der Waals surface area contributed by atoms with E-state index in [1.807, 2.05) is 30.5 Å². The SMILES string of the molecule is O=S([O-])C1=NCCC2(C=Nc3ccccc32)C1. The molecular formula is C12H11N2O2S-. The predicted octanol–water partition coefficient (Wildman–Crippen LogP) is 1.71. The van der Waals surface area contributed by atoms with E-state index in [1.165, 1.54) is 0 Å². The Labute approximate surface area is 102 Å². The van der Waals surface area contributed by atoms with Crippen LogP contribution in [-0.2, 0) is 16.5 Å². The van der Waals surface area contributed by atoms with Crippen molar-refractivity contribution < 1.29 is 8.76 Å². The first kappa shape index (κ1) is 10.8. The van der Waals surface area contributed by atoms with Gasteiger partial charge in [-0.2, -0.15) is 0 Å². The molecule has 2 unspecified atom stereocenters. The molecule has 2 aliphatic heterocycles. The van der Waals surface area contributed by atoms with Gasteiger partial charge in [-0.05, 0) is 29.1 Å². The molecule has 1 spiro atoms. The van der Waals surface area contributed by atoms with Crippen molar-refractivity contribution in [3.05, 3.63) is 29.8 Å². The Balaban J connectivity index is 2.03. The van der Waals surface area contributed by atoms with Crippen LogP contribution in [0.25, 0.3) is 0 Å². The first-order valence-electron chi connectivity index (χ1n) is 5.49. The third kappa shape index (κ3) is 1.66. The molecular weight excluding hydrogens is 236 g/mol. The molecule has 0 aromatic heterocycles. The van der Waals surface area contributed by atoms with Gasteiger partial charge in [-0.15, -0.1) is 0 Å². The Hall–Kier alpha value is -1.33. The molecule has 0 amide bonds. The first-order valence-corrected chi connectivity index (χ1v) is 6.56. The lowest BCUT2D eigenvalue weighted by atomic mass is 9.76. The van der Waals surface area contributed by atoms with Crippen molar-refractivity contribution in [3.8, 4) is 0 Å². The van der Waals surface area contributed by atoms with Crippen LogP contribution >= 0.6 is 0 Å². The summed E-state index contributed by atoms with van der Waals surface area (Å²) in [7, 11) is 0. The van der Waals surface area contributed by atoms with Crippen LogP contribution in [0.1, 0.15) is 18.4 Å². The number of fused-ring (bicyclic) bond motifs is 2. The van der Waals surface area contributed by atoms with Gasteiger partial charge in [0.15, 0.2) is 0 Å². The summed E-state index contributed by atoms with van der Waals surface area (Å²) in [6, 6.07) is 7.90. The normalized spacial score (nSPS) is 27.9. The quantitative estimate of drug-likeness (QED) is 0.655. The van der Waals surface area contributed by atoms with Crippen LogP contribution in [0, 0.1) is 0 Å². The number of hydrogen-bond acceptors (Lipinski definition) is 4. The third-order valence-electron chi connectivity index (χ3n) is 3.40. The highest BCUT2D eigenvalue weighted by atomic mass is 32.2. The van der Waals surface area contributed by atoms with E-state index in [1.54, 1.807) is 0 Å². The van der Waals surface area contributed by atoms with Crippen LogP contribution in [0.2, 0.25) is 0 Å². The topological polar surface area (TPSA) is 64.8 Å². The van der Waals surface area contributed by atoms with Crippen molar-refractivity contribution in [1.29, 1.82) is 0 Å². The van der Waals surface area contributed by atoms with Gasteiger partial charge < -0.3 is 4.55 Å². The fraction of sp³-hybridized carbons (Fsp3) is 0.333. The molecule has 5 heteroatoms. The molecule has 0 radical (unpaired) electrons. The molecule has 3 rings (SSSR count). The van der Waals surface area contributed by atoms with E-state index in [-0.39, 0.29) is 10.5 Å². The van der Waals surface area contributed by atoms with Crippen LogP contribution in [0.5, 0.6) is 0 Å². The highest BCUT2D eigenvalue weighted by Gasteiger charge is 2.39. The Morgan fingerprint density at radius 3 is 3.00 bits per heavy atom. The molecule has 0 fully saturated rings. The number of benzene rings is 1. The monoisotopic (exact) mass is 247 g/mol. The van der Waals surface area contributed by atoms with Gasteiger partial charge in [-0.25, -0.2) is 0 Å². The Morgan fingerprint density at radius 1 is 1.35 bits per heavy atom. The lowest BCUT2D eigenvalue weighted by Gasteiger charge is -2.31. The van der Waals surface area contributed by atoms with Crippen molar-refractivity contribution in [3.63, 3.8) is 0 Å². The van der Waals surface area contributed by atoms with Crippen molar-refractivity contribution in [2.24, 2.45) is 9.98 Å². The summed E-state index contributed by atoms with van der Waals surface area (Å²) in [5.41, 5.74) is 1.82. The largest absolute Gasteiger partial charge is 0.767 e. The summed E-state index contributed by atoms with van der Waals surface area (Å²) < 4.78 is 22.1. The average Bonchev–Trinajstić information content (AvgIpc) is 2.69. The molecule has 1 aromatic rings. The van der Waals surface area contributed by atoms with E-state index in [9.17, 15) is 8.76 Å². The van der Waals surface area contributed by atoms with E-state index < -0.39 is 11.1 Å². The molecule has 0 bridgehead atoms. The van der Waals surface area contributed by atoms with Gasteiger partial charge in [0.1, 0.15) is 0 Å². The summed E-state index contributed by atoms with van der Waals surface area (Å²) in [5.74, 6) is 0. The number of aliphatic imine (C=N–C) groups is 2. The number of rotatable bonds is 0. The zero-order valence-electron chi connectivity index (χ0n) is 9.13. The van der Waals surface area contributed by atoms with Gasteiger partial charge in [0.2, 0.25) is 0 Å². The Kier molecular flexibility index (Phi) is 2.45. The molecule has 2 heterocycles. The molecule has 1 aromatic carbocycles. The maximum Gasteiger partial charge on any atom is 0.0859 e. The summed E-state index contributed by atoms with van der Waals surface area (Å²) in [4.78, 5) is 8.45. The molecule has 2 atom stereocenters. The highest BCUT2D eigenvalue weighted by Crippen LogP contribution is 2.43. The van der Waals surface area contributed by atoms with Gasteiger partial charge in [-0.3, -0.25) is 14.2 Å². The molecule has 88 valence electrons. The third-order valence-corrected chi connectivity index (χ3v) is 4.05. The number of hydrogen-bond donors (Lipinski definition) is 0. The van der Waals surface area contributed by atoms with Crippen LogP contribution in [0.3, 0.4) is 0 Å². The van der Waals surface area contributed by atoms with E-state index in [2.05, 4.69) is 9.98 Å². The fourth-order valence-corrected chi connectivity index (χ4v) is 3.09. The lowest BCUT2D eigenvalue weighted by Crippen LogP contribution is -2.34. The van der Waals surface area contributed by atoms with Gasteiger partial charge in [0.05, 0.1) is 10.7 Å². The van der Waals surface area contributed by atoms with Crippen LogP contribution in [0.15, 0.2) is 34.3 Å². The van der Waals surface area contributed by atoms with Crippen molar-refractivity contribution >= 4 is 28.0 Å². The number of para-hydroxylation sites is 1. The zero-order valence-corrected chi connectivity index (χ0v) is 9.94. The minimum atomic E-state index is -2.21. The van der Waals surface area contributed by atoms with E-state index in [0.717, 1.165) is 17.7 Å². The standard InChI is InChI=1S/C12H12N2O2S/c15-17(16)11-7-12(5-6-13-11)8-14-10-4-2-1-3-9(10)12/h1-4,8H,5-7H2,(H,15,16)/p-1. The van der Waals surface area contributed by atoms with Crippen molar-refractivity contribution in [2.75, 3.05) is 6.54 Å². The smallest absolute Gasteiger partial charge is 0.0859 e. The van der Waals surface area contributed by atoms with E-state index >= 15 is 0 Å². The van der Waals surface area contributed by atoms with Gasteiger partial charge >= 0.3 is 0 Å². The van der Waals surface area contributed by atoms with Crippen molar-refractivity contribution in [2.45, 2.75) is 18.3 Å². The van der Waals surface area contributed by atoms with Crippen molar-refractivity contribution in [1.82, 2.24) is 0 Å². The molecule has 0 saturated heterocycles. The molecule has 2 aliphatic rings. The second-order valence-corrected chi connectivity index (χ2v) is 5.31. The Morgan fingerprint density at radius 2 is 2.18 bits per heavy atom. The van der Waals surface area contributed by atoms with Gasteiger partial charge in [-0.1, -0.05) is 18.2 Å². The Bertz CT molecular complexity index is 553. The van der Waals surface area contributed by atoms with Crippen LogP contribution in [0.4, 0.5) is 5.69 Å². The second-order valence-electron chi connectivity index (χ2n) is 4.37. The molecule has 0 aliphatic carbocycles. The summed E-state index contributed by atoms with van der Waals surface area (Å²) >= 11 is -2.21. The van der Waals surface area contributed by atoms with E-state index in [0.29, 0.717) is 13.0 Å². The second kappa shape index (κ2) is 3.85. The van der Waals surface area contributed by atoms with Gasteiger partial charge in [0.25, 0.3) is 0 Å². The average molecular weight is 247 g/mol. The van der Waals surface area contributed by atoms with Crippen LogP contribution < -0.4 is 0 Å². The summed E-state index contributed by atoms with van der Waals surface area (Å²) in [5, 5.41) is 0.263. The first-order chi connectivity index (χ1) is 8.21. The molecule has 4 nitrogen and oxygen atoms in total. The summed E-state index contributed by atoms with van der Waals surface area (Å²) in [6.07, 6.45) is 3.15. The van der Waals surface area contributed by atoms with Crippen LogP contribution in [-0.4, -0.2) is 26.6 Å². The molecule has 17 heavy (non-hydrogen) atoms. The van der Waals surface area contributed by atoms with Gasteiger partial charge in [0, 0.05) is 24.6 Å². The summed E-state index contributed by atoms with van der Waals surface area (Å²) in [6.45, 7) is 0.545. The minimum absolute atomic E-state index is 0.256. The maximum atomic E-state index is 11.0. The fourth-order valence-electron chi connectivity index (χ4n) is 2.52. The maximum absolute atomic E-state index is 11.0. The van der Waals surface area contributed by atoms with E-state index in [4.69, 9.17) is 0 Å². The number of nitrogens with zero attached hydrogens (tertiary/aromatic N) is 2.